The Labute approximate surface area is 286 Å². The summed E-state index contributed by atoms with van der Waals surface area (Å²) in [5, 5.41) is 1.92. The van der Waals surface area contributed by atoms with Gasteiger partial charge in [0.15, 0.2) is 22.8 Å². The monoisotopic (exact) mass is 642 g/mol. The van der Waals surface area contributed by atoms with Crippen molar-refractivity contribution in [3.05, 3.63) is 158 Å². The van der Waals surface area contributed by atoms with Crippen LogP contribution in [0.4, 0.5) is 0 Å². The molecular formula is C44H26N4O2. The average molecular weight is 643 g/mol. The molecular weight excluding hydrogens is 617 g/mol. The largest absolute Gasteiger partial charge is 0.452 e. The first-order chi connectivity index (χ1) is 24.8. The minimum Gasteiger partial charge on any atom is -0.452 e. The van der Waals surface area contributed by atoms with Crippen molar-refractivity contribution in [2.75, 3.05) is 0 Å². The Bertz CT molecular complexity index is 2880. The van der Waals surface area contributed by atoms with Crippen LogP contribution in [0.3, 0.4) is 0 Å². The van der Waals surface area contributed by atoms with Crippen molar-refractivity contribution < 1.29 is 8.83 Å². The Morgan fingerprint density at radius 3 is 1.34 bits per heavy atom. The molecule has 4 heterocycles. The van der Waals surface area contributed by atoms with E-state index in [1.54, 1.807) is 0 Å². The van der Waals surface area contributed by atoms with Crippen LogP contribution in [0.1, 0.15) is 0 Å². The van der Waals surface area contributed by atoms with E-state index < -0.39 is 0 Å². The van der Waals surface area contributed by atoms with Gasteiger partial charge < -0.3 is 8.83 Å². The van der Waals surface area contributed by atoms with Crippen LogP contribution in [0.5, 0.6) is 0 Å². The van der Waals surface area contributed by atoms with Gasteiger partial charge in [0.05, 0.1) is 0 Å². The molecule has 234 valence electrons. The average Bonchev–Trinajstić information content (AvgIpc) is 3.76. The maximum Gasteiger partial charge on any atom is 0.180 e. The minimum atomic E-state index is 0.633. The molecule has 4 aromatic heterocycles. The molecule has 0 fully saturated rings. The summed E-state index contributed by atoms with van der Waals surface area (Å²) >= 11 is 0. The van der Waals surface area contributed by atoms with Gasteiger partial charge in [-0.05, 0) is 47.5 Å². The van der Waals surface area contributed by atoms with E-state index in [-0.39, 0.29) is 0 Å². The van der Waals surface area contributed by atoms with E-state index in [9.17, 15) is 0 Å². The predicted molar refractivity (Wildman–Crippen MR) is 199 cm³/mol. The summed E-state index contributed by atoms with van der Waals surface area (Å²) in [6.07, 6.45) is 0. The number of hydrogen-bond acceptors (Lipinski definition) is 6. The highest BCUT2D eigenvalue weighted by Gasteiger charge is 2.20. The number of furan rings is 2. The fraction of sp³-hybridized carbons (Fsp3) is 0. The quantitative estimate of drug-likeness (QED) is 0.186. The molecule has 0 bridgehead atoms. The van der Waals surface area contributed by atoms with Gasteiger partial charge in [-0.2, -0.15) is 0 Å². The van der Waals surface area contributed by atoms with Crippen molar-refractivity contribution in [1.82, 2.24) is 19.9 Å². The Balaban J connectivity index is 1.12. The summed E-state index contributed by atoms with van der Waals surface area (Å²) < 4.78 is 12.7. The highest BCUT2D eigenvalue weighted by atomic mass is 16.3. The molecule has 50 heavy (non-hydrogen) atoms. The minimum absolute atomic E-state index is 0.633. The van der Waals surface area contributed by atoms with Crippen LogP contribution >= 0.6 is 0 Å². The number of rotatable bonds is 5. The molecule has 0 aliphatic rings. The first kappa shape index (κ1) is 28.1. The first-order valence-electron chi connectivity index (χ1n) is 16.5. The summed E-state index contributed by atoms with van der Waals surface area (Å²) in [6.45, 7) is 0. The SMILES string of the molecule is c1ccc(-c2nc(-c3cccc(-c4cccc(-c5nc(-c6ccccc6)c6oc7ccccc7c6n5)c4)c3)c3oc4ccccc4c3n2)cc1. The summed E-state index contributed by atoms with van der Waals surface area (Å²) in [5.74, 6) is 1.29. The van der Waals surface area contributed by atoms with Gasteiger partial charge in [0.25, 0.3) is 0 Å². The number of benzene rings is 6. The lowest BCUT2D eigenvalue weighted by Gasteiger charge is -2.10. The van der Waals surface area contributed by atoms with Crippen LogP contribution in [-0.2, 0) is 0 Å². The van der Waals surface area contributed by atoms with E-state index in [2.05, 4.69) is 60.7 Å². The summed E-state index contributed by atoms with van der Waals surface area (Å²) in [4.78, 5) is 20.3. The summed E-state index contributed by atoms with van der Waals surface area (Å²) in [5.41, 5.74) is 11.9. The Morgan fingerprint density at radius 1 is 0.320 bits per heavy atom. The van der Waals surface area contributed by atoms with Gasteiger partial charge in [-0.15, -0.1) is 0 Å². The van der Waals surface area contributed by atoms with Crippen molar-refractivity contribution >= 4 is 44.1 Å². The molecule has 6 nitrogen and oxygen atoms in total. The predicted octanol–water partition coefficient (Wildman–Crippen LogP) is 11.4. The Morgan fingerprint density at radius 2 is 0.740 bits per heavy atom. The second-order valence-electron chi connectivity index (χ2n) is 12.2. The maximum absolute atomic E-state index is 6.41. The van der Waals surface area contributed by atoms with E-state index in [1.807, 2.05) is 97.1 Å². The topological polar surface area (TPSA) is 77.8 Å². The van der Waals surface area contributed by atoms with Crippen molar-refractivity contribution in [3.63, 3.8) is 0 Å². The summed E-state index contributed by atoms with van der Waals surface area (Å²) in [7, 11) is 0. The molecule has 6 aromatic carbocycles. The van der Waals surface area contributed by atoms with Crippen LogP contribution in [0.2, 0.25) is 0 Å². The number of nitrogens with zero attached hydrogens (tertiary/aromatic N) is 4. The van der Waals surface area contributed by atoms with Crippen LogP contribution < -0.4 is 0 Å². The highest BCUT2D eigenvalue weighted by Crippen LogP contribution is 2.38. The second kappa shape index (κ2) is 11.4. The first-order valence-corrected chi connectivity index (χ1v) is 16.5. The van der Waals surface area contributed by atoms with Gasteiger partial charge in [-0.25, -0.2) is 19.9 Å². The van der Waals surface area contributed by atoms with Crippen LogP contribution in [0.25, 0.3) is 101 Å². The van der Waals surface area contributed by atoms with E-state index in [1.165, 1.54) is 0 Å². The van der Waals surface area contributed by atoms with Crippen LogP contribution in [0, 0.1) is 0 Å². The third-order valence-corrected chi connectivity index (χ3v) is 9.11. The summed E-state index contributed by atoms with van der Waals surface area (Å²) in [6, 6.07) is 53.0. The van der Waals surface area contributed by atoms with E-state index >= 15 is 0 Å². The fourth-order valence-electron chi connectivity index (χ4n) is 6.70. The van der Waals surface area contributed by atoms with E-state index in [0.29, 0.717) is 22.8 Å². The molecule has 0 saturated heterocycles. The van der Waals surface area contributed by atoms with Crippen molar-refractivity contribution in [1.29, 1.82) is 0 Å². The number of aromatic nitrogens is 4. The fourth-order valence-corrected chi connectivity index (χ4v) is 6.70. The molecule has 0 aliphatic heterocycles. The second-order valence-corrected chi connectivity index (χ2v) is 12.2. The van der Waals surface area contributed by atoms with Crippen molar-refractivity contribution in [2.45, 2.75) is 0 Å². The number of hydrogen-bond donors (Lipinski definition) is 0. The Kier molecular flexibility index (Phi) is 6.39. The molecule has 0 spiro atoms. The third-order valence-electron chi connectivity index (χ3n) is 9.11. The third kappa shape index (κ3) is 4.65. The van der Waals surface area contributed by atoms with Crippen LogP contribution in [-0.4, -0.2) is 19.9 Å². The molecule has 0 unspecified atom stereocenters. The number of para-hydroxylation sites is 2. The van der Waals surface area contributed by atoms with Crippen LogP contribution in [0.15, 0.2) is 167 Å². The normalized spacial score (nSPS) is 11.6. The molecule has 6 heteroatoms. The van der Waals surface area contributed by atoms with Crippen molar-refractivity contribution in [3.8, 4) is 56.4 Å². The van der Waals surface area contributed by atoms with Gasteiger partial charge in [-0.1, -0.05) is 121 Å². The van der Waals surface area contributed by atoms with E-state index in [4.69, 9.17) is 28.8 Å². The molecule has 0 radical (unpaired) electrons. The molecule has 0 N–H and O–H groups in total. The molecule has 0 atom stereocenters. The lowest BCUT2D eigenvalue weighted by Crippen LogP contribution is -1.95. The van der Waals surface area contributed by atoms with Gasteiger partial charge >= 0.3 is 0 Å². The zero-order chi connectivity index (χ0) is 33.0. The van der Waals surface area contributed by atoms with Gasteiger partial charge in [-0.3, -0.25) is 0 Å². The van der Waals surface area contributed by atoms with Gasteiger partial charge in [0.2, 0.25) is 0 Å². The van der Waals surface area contributed by atoms with Gasteiger partial charge in [0, 0.05) is 33.0 Å². The zero-order valence-electron chi connectivity index (χ0n) is 26.6. The zero-order valence-corrected chi connectivity index (χ0v) is 26.6. The van der Waals surface area contributed by atoms with Crippen molar-refractivity contribution in [2.24, 2.45) is 0 Å². The maximum atomic E-state index is 6.41. The van der Waals surface area contributed by atoms with E-state index in [0.717, 1.165) is 77.7 Å². The lowest BCUT2D eigenvalue weighted by molar-refractivity contribution is 0.667. The molecule has 10 rings (SSSR count). The molecule has 0 saturated carbocycles. The molecule has 10 aromatic rings. The smallest absolute Gasteiger partial charge is 0.180 e. The Hall–Kier alpha value is -6.92. The standard InChI is InChI=1S/C44H26N4O2/c1-3-13-27(14-4-1)37-41-39(33-21-7-9-23-35(33)49-41)48-44(45-37)32-20-12-18-30(26-32)29-17-11-19-31(25-29)38-42-40(34-22-8-10-24-36(34)50-42)47-43(46-38)28-15-5-2-6-16-28/h1-26H. The highest BCUT2D eigenvalue weighted by molar-refractivity contribution is 6.08. The van der Waals surface area contributed by atoms with Gasteiger partial charge in [0.1, 0.15) is 33.6 Å². The number of fused-ring (bicyclic) bond motifs is 6. The molecule has 0 amide bonds. The lowest BCUT2D eigenvalue weighted by atomic mass is 9.99. The molecule has 0 aliphatic carbocycles.